The number of nitrogens with one attached hydrogen (secondary N) is 2. The Morgan fingerprint density at radius 3 is 2.50 bits per heavy atom. The molecule has 0 saturated carbocycles. The topological polar surface area (TPSA) is 59.9 Å². The van der Waals surface area contributed by atoms with Crippen molar-refractivity contribution in [2.24, 2.45) is 4.99 Å². The number of unbranched alkanes of at least 4 members (excludes halogenated alkanes) is 1. The summed E-state index contributed by atoms with van der Waals surface area (Å²) in [6, 6.07) is 8.43. The van der Waals surface area contributed by atoms with Crippen LogP contribution in [-0.4, -0.2) is 48.2 Å². The SMILES string of the molecule is CCCCN1CCC(NC(=NCc2ccccc2CO)NCC)CC1.I. The molecule has 6 heteroatoms. The van der Waals surface area contributed by atoms with Gasteiger partial charge in [0.15, 0.2) is 5.96 Å². The summed E-state index contributed by atoms with van der Waals surface area (Å²) in [6.45, 7) is 9.41. The number of aliphatic imine (C=N–C) groups is 1. The van der Waals surface area contributed by atoms with Gasteiger partial charge in [0, 0.05) is 25.7 Å². The highest BCUT2D eigenvalue weighted by Gasteiger charge is 2.19. The molecule has 26 heavy (non-hydrogen) atoms. The van der Waals surface area contributed by atoms with Gasteiger partial charge in [0.1, 0.15) is 0 Å². The van der Waals surface area contributed by atoms with E-state index >= 15 is 0 Å². The van der Waals surface area contributed by atoms with E-state index in [1.54, 1.807) is 0 Å². The fourth-order valence-electron chi connectivity index (χ4n) is 3.23. The molecule has 1 heterocycles. The van der Waals surface area contributed by atoms with Gasteiger partial charge in [-0.05, 0) is 43.9 Å². The summed E-state index contributed by atoms with van der Waals surface area (Å²) in [5.41, 5.74) is 2.03. The second-order valence-corrected chi connectivity index (χ2v) is 6.74. The third-order valence-corrected chi connectivity index (χ3v) is 4.80. The average Bonchev–Trinajstić information content (AvgIpc) is 2.66. The number of hydrogen-bond donors (Lipinski definition) is 3. The van der Waals surface area contributed by atoms with Gasteiger partial charge in [0.05, 0.1) is 13.2 Å². The fraction of sp³-hybridized carbons (Fsp3) is 0.650. The standard InChI is InChI=1S/C20H34N4O.HI/c1-3-5-12-24-13-10-19(11-14-24)23-20(21-4-2)22-15-17-8-6-7-9-18(17)16-25;/h6-9,19,25H,3-5,10-16H2,1-2H3,(H2,21,22,23);1H. The summed E-state index contributed by atoms with van der Waals surface area (Å²) >= 11 is 0. The van der Waals surface area contributed by atoms with Crippen LogP contribution in [0.25, 0.3) is 0 Å². The molecule has 0 spiro atoms. The van der Waals surface area contributed by atoms with Crippen molar-refractivity contribution in [2.45, 2.75) is 58.7 Å². The Hall–Kier alpha value is -0.860. The minimum absolute atomic E-state index is 0. The van der Waals surface area contributed by atoms with E-state index in [1.807, 2.05) is 24.3 Å². The smallest absolute Gasteiger partial charge is 0.191 e. The molecule has 0 unspecified atom stereocenters. The molecule has 0 amide bonds. The molecule has 0 atom stereocenters. The zero-order chi connectivity index (χ0) is 17.9. The fourth-order valence-corrected chi connectivity index (χ4v) is 3.23. The number of rotatable bonds is 8. The zero-order valence-electron chi connectivity index (χ0n) is 16.2. The highest BCUT2D eigenvalue weighted by molar-refractivity contribution is 14.0. The molecule has 0 radical (unpaired) electrons. The van der Waals surface area contributed by atoms with Crippen LogP contribution in [0, 0.1) is 0 Å². The molecule has 1 saturated heterocycles. The van der Waals surface area contributed by atoms with Crippen molar-refractivity contribution >= 4 is 29.9 Å². The number of piperidine rings is 1. The van der Waals surface area contributed by atoms with Crippen LogP contribution in [0.15, 0.2) is 29.3 Å². The predicted molar refractivity (Wildman–Crippen MR) is 120 cm³/mol. The van der Waals surface area contributed by atoms with E-state index in [0.717, 1.165) is 23.6 Å². The van der Waals surface area contributed by atoms with Crippen molar-refractivity contribution in [3.8, 4) is 0 Å². The van der Waals surface area contributed by atoms with Crippen LogP contribution in [0.1, 0.15) is 50.7 Å². The molecule has 0 aromatic heterocycles. The van der Waals surface area contributed by atoms with Crippen LogP contribution < -0.4 is 10.6 Å². The Balaban J connectivity index is 0.00000338. The predicted octanol–water partition coefficient (Wildman–Crippen LogP) is 3.12. The first kappa shape index (κ1) is 23.2. The molecule has 2 rings (SSSR count). The molecule has 5 nitrogen and oxygen atoms in total. The van der Waals surface area contributed by atoms with Gasteiger partial charge in [-0.25, -0.2) is 4.99 Å². The Bertz CT molecular complexity index is 530. The number of hydrogen-bond acceptors (Lipinski definition) is 3. The summed E-state index contributed by atoms with van der Waals surface area (Å²) in [6.07, 6.45) is 4.90. The summed E-state index contributed by atoms with van der Waals surface area (Å²) in [4.78, 5) is 7.30. The van der Waals surface area contributed by atoms with E-state index in [-0.39, 0.29) is 30.6 Å². The largest absolute Gasteiger partial charge is 0.392 e. The lowest BCUT2D eigenvalue weighted by Gasteiger charge is -2.33. The summed E-state index contributed by atoms with van der Waals surface area (Å²) in [7, 11) is 0. The lowest BCUT2D eigenvalue weighted by Crippen LogP contribution is -2.48. The number of aliphatic hydroxyl groups excluding tert-OH is 1. The van der Waals surface area contributed by atoms with Crippen molar-refractivity contribution in [2.75, 3.05) is 26.2 Å². The molecule has 3 N–H and O–H groups in total. The van der Waals surface area contributed by atoms with Crippen molar-refractivity contribution < 1.29 is 5.11 Å². The van der Waals surface area contributed by atoms with E-state index in [4.69, 9.17) is 4.99 Å². The first-order valence-electron chi connectivity index (χ1n) is 9.71. The maximum Gasteiger partial charge on any atom is 0.191 e. The quantitative estimate of drug-likeness (QED) is 0.308. The monoisotopic (exact) mass is 474 g/mol. The van der Waals surface area contributed by atoms with Crippen LogP contribution in [0.3, 0.4) is 0 Å². The van der Waals surface area contributed by atoms with Crippen molar-refractivity contribution in [1.29, 1.82) is 0 Å². The molecule has 1 aliphatic rings. The lowest BCUT2D eigenvalue weighted by molar-refractivity contribution is 0.203. The number of nitrogens with zero attached hydrogens (tertiary/aromatic N) is 2. The van der Waals surface area contributed by atoms with Gasteiger partial charge < -0.3 is 20.6 Å². The molecular formula is C20H35IN4O. The minimum Gasteiger partial charge on any atom is -0.392 e. The first-order valence-corrected chi connectivity index (χ1v) is 9.71. The second-order valence-electron chi connectivity index (χ2n) is 6.74. The highest BCUT2D eigenvalue weighted by atomic mass is 127. The number of likely N-dealkylation sites (tertiary alicyclic amines) is 1. The summed E-state index contributed by atoms with van der Waals surface area (Å²) < 4.78 is 0. The van der Waals surface area contributed by atoms with Gasteiger partial charge in [-0.15, -0.1) is 24.0 Å². The van der Waals surface area contributed by atoms with Gasteiger partial charge in [-0.3, -0.25) is 0 Å². The lowest BCUT2D eigenvalue weighted by atomic mass is 10.0. The van der Waals surface area contributed by atoms with Gasteiger partial charge >= 0.3 is 0 Å². The van der Waals surface area contributed by atoms with Crippen molar-refractivity contribution in [1.82, 2.24) is 15.5 Å². The van der Waals surface area contributed by atoms with Crippen molar-refractivity contribution in [3.63, 3.8) is 0 Å². The summed E-state index contributed by atoms with van der Waals surface area (Å²) in [5.74, 6) is 0.877. The van der Waals surface area contributed by atoms with Crippen LogP contribution >= 0.6 is 24.0 Å². The van der Waals surface area contributed by atoms with Crippen molar-refractivity contribution in [3.05, 3.63) is 35.4 Å². The van der Waals surface area contributed by atoms with E-state index in [1.165, 1.54) is 45.3 Å². The third kappa shape index (κ3) is 7.80. The number of guanidine groups is 1. The second kappa shape index (κ2) is 13.3. The number of benzene rings is 1. The minimum atomic E-state index is 0. The Morgan fingerprint density at radius 1 is 1.19 bits per heavy atom. The van der Waals surface area contributed by atoms with E-state index < -0.39 is 0 Å². The van der Waals surface area contributed by atoms with Crippen LogP contribution in [0.2, 0.25) is 0 Å². The van der Waals surface area contributed by atoms with Gasteiger partial charge in [0.2, 0.25) is 0 Å². The molecule has 1 aromatic carbocycles. The third-order valence-electron chi connectivity index (χ3n) is 4.80. The summed E-state index contributed by atoms with van der Waals surface area (Å²) in [5, 5.41) is 16.4. The first-order chi connectivity index (χ1) is 12.3. The molecule has 1 fully saturated rings. The zero-order valence-corrected chi connectivity index (χ0v) is 18.5. The number of aliphatic hydroxyl groups is 1. The van der Waals surface area contributed by atoms with Gasteiger partial charge in [-0.1, -0.05) is 37.6 Å². The Kier molecular flexibility index (Phi) is 11.9. The highest BCUT2D eigenvalue weighted by Crippen LogP contribution is 2.12. The van der Waals surface area contributed by atoms with Crippen LogP contribution in [0.5, 0.6) is 0 Å². The normalized spacial score (nSPS) is 16.2. The Labute approximate surface area is 175 Å². The number of halogens is 1. The molecule has 1 aromatic rings. The van der Waals surface area contributed by atoms with Gasteiger partial charge in [0.25, 0.3) is 0 Å². The molecule has 0 aliphatic carbocycles. The van der Waals surface area contributed by atoms with Crippen LogP contribution in [-0.2, 0) is 13.2 Å². The van der Waals surface area contributed by atoms with E-state index in [2.05, 4.69) is 29.4 Å². The maximum atomic E-state index is 9.45. The molecule has 148 valence electrons. The molecule has 1 aliphatic heterocycles. The Morgan fingerprint density at radius 2 is 1.88 bits per heavy atom. The molecule has 0 bridgehead atoms. The van der Waals surface area contributed by atoms with E-state index in [0.29, 0.717) is 12.6 Å². The maximum absolute atomic E-state index is 9.45. The van der Waals surface area contributed by atoms with E-state index in [9.17, 15) is 5.11 Å². The van der Waals surface area contributed by atoms with Gasteiger partial charge in [-0.2, -0.15) is 0 Å². The van der Waals surface area contributed by atoms with Crippen LogP contribution in [0.4, 0.5) is 0 Å². The average molecular weight is 474 g/mol. The molecular weight excluding hydrogens is 439 g/mol.